The number of nitrogens with one attached hydrogen (secondary N) is 1. The zero-order valence-electron chi connectivity index (χ0n) is 15.4. The quantitative estimate of drug-likeness (QED) is 0.764. The molecule has 1 aliphatic heterocycles. The van der Waals surface area contributed by atoms with Crippen LogP contribution in [0.2, 0.25) is 0 Å². The normalized spacial score (nSPS) is 22.3. The van der Waals surface area contributed by atoms with E-state index in [1.54, 1.807) is 0 Å². The van der Waals surface area contributed by atoms with E-state index >= 15 is 0 Å². The van der Waals surface area contributed by atoms with Crippen molar-refractivity contribution in [1.82, 2.24) is 15.1 Å². The first-order valence-corrected chi connectivity index (χ1v) is 11.2. The number of benzene rings is 1. The summed E-state index contributed by atoms with van der Waals surface area (Å²) in [5.74, 6) is 0.589. The van der Waals surface area contributed by atoms with Crippen LogP contribution in [0.25, 0.3) is 0 Å². The van der Waals surface area contributed by atoms with Gasteiger partial charge in [-0.15, -0.1) is 10.2 Å². The summed E-state index contributed by atoms with van der Waals surface area (Å²) in [7, 11) is 0. The Morgan fingerprint density at radius 3 is 2.96 bits per heavy atom. The number of thioether (sulfide) groups is 1. The lowest BCUT2D eigenvalue weighted by Gasteiger charge is -2.43. The molecule has 2 atom stereocenters. The summed E-state index contributed by atoms with van der Waals surface area (Å²) in [6.07, 6.45) is 4.76. The van der Waals surface area contributed by atoms with Crippen molar-refractivity contribution in [2.24, 2.45) is 0 Å². The second-order valence-electron chi connectivity index (χ2n) is 7.00. The van der Waals surface area contributed by atoms with Gasteiger partial charge >= 0.3 is 0 Å². The summed E-state index contributed by atoms with van der Waals surface area (Å²) in [6, 6.07) is 8.41. The molecule has 1 N–H and O–H groups in total. The topological polar surface area (TPSA) is 67.4 Å². The van der Waals surface area contributed by atoms with Crippen LogP contribution in [0.1, 0.15) is 31.2 Å². The number of morpholine rings is 1. The standard InChI is InChI=1S/C19H24N4O2S2/c1-13-6-8-14(9-7-13)20-18-21-22-19(27-18)26-12-17(24)23-10-11-25-16-5-3-2-4-15(16)23/h6-9,15-16H,2-5,10-12H2,1H3,(H,20,21). The lowest BCUT2D eigenvalue weighted by molar-refractivity contribution is -0.146. The van der Waals surface area contributed by atoms with E-state index in [0.29, 0.717) is 18.9 Å². The molecule has 27 heavy (non-hydrogen) atoms. The first-order valence-electron chi connectivity index (χ1n) is 9.40. The van der Waals surface area contributed by atoms with Crippen molar-refractivity contribution >= 4 is 39.8 Å². The maximum absolute atomic E-state index is 12.7. The summed E-state index contributed by atoms with van der Waals surface area (Å²) in [5, 5.41) is 12.4. The summed E-state index contributed by atoms with van der Waals surface area (Å²) < 4.78 is 6.67. The Kier molecular flexibility index (Phi) is 5.95. The second kappa shape index (κ2) is 8.58. The Morgan fingerprint density at radius 2 is 2.11 bits per heavy atom. The van der Waals surface area contributed by atoms with Crippen LogP contribution in [0.3, 0.4) is 0 Å². The smallest absolute Gasteiger partial charge is 0.233 e. The van der Waals surface area contributed by atoms with Crippen molar-refractivity contribution < 1.29 is 9.53 Å². The van der Waals surface area contributed by atoms with Crippen molar-refractivity contribution in [1.29, 1.82) is 0 Å². The molecule has 1 aliphatic carbocycles. The Balaban J connectivity index is 1.31. The highest BCUT2D eigenvalue weighted by Gasteiger charge is 2.36. The molecule has 4 rings (SSSR count). The molecular formula is C19H24N4O2S2. The third kappa shape index (κ3) is 4.62. The third-order valence-electron chi connectivity index (χ3n) is 5.08. The van der Waals surface area contributed by atoms with Crippen molar-refractivity contribution in [2.45, 2.75) is 49.1 Å². The summed E-state index contributed by atoms with van der Waals surface area (Å²) in [5.41, 5.74) is 2.21. The Bertz CT molecular complexity index is 778. The average Bonchev–Trinajstić information content (AvgIpc) is 3.15. The van der Waals surface area contributed by atoms with Crippen LogP contribution in [0, 0.1) is 6.92 Å². The van der Waals surface area contributed by atoms with Crippen LogP contribution in [-0.2, 0) is 9.53 Å². The number of hydrogen-bond acceptors (Lipinski definition) is 7. The van der Waals surface area contributed by atoms with Gasteiger partial charge in [-0.05, 0) is 31.9 Å². The van der Waals surface area contributed by atoms with Crippen molar-refractivity contribution in [2.75, 3.05) is 24.2 Å². The van der Waals surface area contributed by atoms with Crippen LogP contribution in [-0.4, -0.2) is 52.1 Å². The Labute approximate surface area is 167 Å². The number of carbonyl (C=O) groups is 1. The van der Waals surface area contributed by atoms with Gasteiger partial charge in [-0.2, -0.15) is 0 Å². The monoisotopic (exact) mass is 404 g/mol. The van der Waals surface area contributed by atoms with Gasteiger partial charge in [-0.25, -0.2) is 0 Å². The van der Waals surface area contributed by atoms with Gasteiger partial charge in [-0.3, -0.25) is 4.79 Å². The number of carbonyl (C=O) groups excluding carboxylic acids is 1. The predicted octanol–water partition coefficient (Wildman–Crippen LogP) is 3.85. The van der Waals surface area contributed by atoms with Gasteiger partial charge in [0.25, 0.3) is 0 Å². The molecule has 2 aliphatic rings. The molecule has 2 fully saturated rings. The highest BCUT2D eigenvalue weighted by molar-refractivity contribution is 8.01. The van der Waals surface area contributed by atoms with E-state index < -0.39 is 0 Å². The zero-order chi connectivity index (χ0) is 18.6. The molecule has 2 aromatic rings. The number of hydrogen-bond donors (Lipinski definition) is 1. The van der Waals surface area contributed by atoms with E-state index in [0.717, 1.165) is 28.0 Å². The van der Waals surface area contributed by atoms with Gasteiger partial charge in [0.1, 0.15) is 0 Å². The molecule has 1 aromatic heterocycles. The summed E-state index contributed by atoms with van der Waals surface area (Å²) in [6.45, 7) is 3.42. The highest BCUT2D eigenvalue weighted by atomic mass is 32.2. The van der Waals surface area contributed by atoms with E-state index in [1.165, 1.54) is 41.5 Å². The summed E-state index contributed by atoms with van der Waals surface area (Å²) in [4.78, 5) is 14.8. The molecule has 6 nitrogen and oxygen atoms in total. The molecule has 0 bridgehead atoms. The van der Waals surface area contributed by atoms with Crippen LogP contribution in [0.15, 0.2) is 28.6 Å². The van der Waals surface area contributed by atoms with E-state index in [4.69, 9.17) is 4.74 Å². The highest BCUT2D eigenvalue weighted by Crippen LogP contribution is 2.31. The number of fused-ring (bicyclic) bond motifs is 1. The van der Waals surface area contributed by atoms with Gasteiger partial charge in [0.2, 0.25) is 11.0 Å². The predicted molar refractivity (Wildman–Crippen MR) is 109 cm³/mol. The van der Waals surface area contributed by atoms with E-state index in [9.17, 15) is 4.79 Å². The molecule has 8 heteroatoms. The summed E-state index contributed by atoms with van der Waals surface area (Å²) >= 11 is 2.95. The van der Waals surface area contributed by atoms with Gasteiger partial charge in [-0.1, -0.05) is 53.6 Å². The van der Waals surface area contributed by atoms with Gasteiger partial charge in [0.05, 0.1) is 24.5 Å². The van der Waals surface area contributed by atoms with E-state index in [-0.39, 0.29) is 18.1 Å². The molecule has 0 radical (unpaired) electrons. The van der Waals surface area contributed by atoms with Crippen LogP contribution < -0.4 is 5.32 Å². The first-order chi connectivity index (χ1) is 13.2. The van der Waals surface area contributed by atoms with E-state index in [2.05, 4.69) is 34.6 Å². The SMILES string of the molecule is Cc1ccc(Nc2nnc(SCC(=O)N3CCOC4CCCCC43)s2)cc1. The molecular weight excluding hydrogens is 380 g/mol. The fourth-order valence-electron chi connectivity index (χ4n) is 3.69. The second-order valence-corrected chi connectivity index (χ2v) is 9.20. The number of ether oxygens (including phenoxy) is 1. The number of nitrogens with zero attached hydrogens (tertiary/aromatic N) is 3. The fraction of sp³-hybridized carbons (Fsp3) is 0.526. The Hall–Kier alpha value is -1.64. The molecule has 144 valence electrons. The maximum atomic E-state index is 12.7. The van der Waals surface area contributed by atoms with Crippen molar-refractivity contribution in [3.8, 4) is 0 Å². The lowest BCUT2D eigenvalue weighted by Crippen LogP contribution is -2.55. The minimum atomic E-state index is 0.184. The molecule has 1 saturated heterocycles. The van der Waals surface area contributed by atoms with Gasteiger partial charge in [0, 0.05) is 12.2 Å². The Morgan fingerprint density at radius 1 is 1.30 bits per heavy atom. The number of aromatic nitrogens is 2. The first kappa shape index (κ1) is 18.7. The zero-order valence-corrected chi connectivity index (χ0v) is 17.0. The number of amides is 1. The number of rotatable bonds is 5. The van der Waals surface area contributed by atoms with Crippen molar-refractivity contribution in [3.05, 3.63) is 29.8 Å². The fourth-order valence-corrected chi connectivity index (χ4v) is 5.35. The number of aryl methyl sites for hydroxylation is 1. The van der Waals surface area contributed by atoms with Crippen LogP contribution >= 0.6 is 23.1 Å². The maximum Gasteiger partial charge on any atom is 0.233 e. The molecule has 2 heterocycles. The average molecular weight is 405 g/mol. The van der Waals surface area contributed by atoms with Crippen LogP contribution in [0.5, 0.6) is 0 Å². The van der Waals surface area contributed by atoms with Gasteiger partial charge in [0.15, 0.2) is 4.34 Å². The minimum Gasteiger partial charge on any atom is -0.374 e. The van der Waals surface area contributed by atoms with Crippen LogP contribution in [0.4, 0.5) is 10.8 Å². The lowest BCUT2D eigenvalue weighted by atomic mass is 9.90. The molecule has 1 saturated carbocycles. The van der Waals surface area contributed by atoms with E-state index in [1.807, 2.05) is 17.0 Å². The molecule has 0 spiro atoms. The third-order valence-corrected chi connectivity index (χ3v) is 7.04. The van der Waals surface area contributed by atoms with Crippen molar-refractivity contribution in [3.63, 3.8) is 0 Å². The molecule has 2 unspecified atom stereocenters. The molecule has 1 aromatic carbocycles. The van der Waals surface area contributed by atoms with Gasteiger partial charge < -0.3 is 15.0 Å². The largest absolute Gasteiger partial charge is 0.374 e. The number of anilines is 2. The molecule has 1 amide bonds. The minimum absolute atomic E-state index is 0.184.